The normalized spacial score (nSPS) is 10.8. The number of rotatable bonds is 11. The Morgan fingerprint density at radius 3 is 2.53 bits per heavy atom. The van der Waals surface area contributed by atoms with Crippen molar-refractivity contribution in [3.8, 4) is 0 Å². The molecule has 4 nitrogen and oxygen atoms in total. The zero-order valence-electron chi connectivity index (χ0n) is 11.6. The molecule has 0 aromatic carbocycles. The number of hydrogen-bond donors (Lipinski definition) is 1. The van der Waals surface area contributed by atoms with Gasteiger partial charge in [0, 0.05) is 20.2 Å². The molecule has 0 radical (unpaired) electrons. The molecule has 0 saturated heterocycles. The van der Waals surface area contributed by atoms with Crippen LogP contribution in [0.5, 0.6) is 0 Å². The molecular weight excluding hydrogens is 216 g/mol. The topological polar surface area (TPSA) is 41.6 Å². The van der Waals surface area contributed by atoms with Crippen LogP contribution in [0, 0.1) is 0 Å². The third-order valence-electron chi connectivity index (χ3n) is 2.73. The van der Waals surface area contributed by atoms with E-state index in [0.29, 0.717) is 6.61 Å². The highest BCUT2D eigenvalue weighted by Crippen LogP contribution is 2.00. The number of nitrogens with one attached hydrogen (secondary N) is 1. The van der Waals surface area contributed by atoms with Crippen LogP contribution in [0.1, 0.15) is 39.0 Å². The fourth-order valence-corrected chi connectivity index (χ4v) is 1.59. The first-order chi connectivity index (χ1) is 8.20. The van der Waals surface area contributed by atoms with Gasteiger partial charge in [0.15, 0.2) is 0 Å². The van der Waals surface area contributed by atoms with Crippen molar-refractivity contribution < 1.29 is 9.53 Å². The second-order valence-corrected chi connectivity index (χ2v) is 4.44. The van der Waals surface area contributed by atoms with Gasteiger partial charge in [0.1, 0.15) is 6.61 Å². The monoisotopic (exact) mass is 244 g/mol. The first-order valence-corrected chi connectivity index (χ1v) is 6.67. The van der Waals surface area contributed by atoms with Crippen molar-refractivity contribution in [3.63, 3.8) is 0 Å². The Balaban J connectivity index is 3.21. The van der Waals surface area contributed by atoms with Crippen molar-refractivity contribution in [2.24, 2.45) is 0 Å². The van der Waals surface area contributed by atoms with Crippen LogP contribution >= 0.6 is 0 Å². The van der Waals surface area contributed by atoms with Crippen molar-refractivity contribution in [2.75, 3.05) is 40.4 Å². The maximum absolute atomic E-state index is 10.9. The molecule has 0 rings (SSSR count). The summed E-state index contributed by atoms with van der Waals surface area (Å²) in [5.74, 6) is -0.0575. The van der Waals surface area contributed by atoms with Crippen LogP contribution in [0.15, 0.2) is 0 Å². The summed E-state index contributed by atoms with van der Waals surface area (Å²) in [5.41, 5.74) is 0. The summed E-state index contributed by atoms with van der Waals surface area (Å²) in [7, 11) is 3.76. The van der Waals surface area contributed by atoms with Crippen LogP contribution in [0.25, 0.3) is 0 Å². The fraction of sp³-hybridized carbons (Fsp3) is 0.923. The standard InChI is InChI=1S/C13H28N2O2/c1-4-5-6-7-9-15(3)10-8-11-17-12-13(16)14-2/h4-12H2,1-3H3,(H,14,16). The highest BCUT2D eigenvalue weighted by Gasteiger charge is 2.00. The van der Waals surface area contributed by atoms with Crippen molar-refractivity contribution in [1.29, 1.82) is 0 Å². The number of unbranched alkanes of at least 4 members (excludes halogenated alkanes) is 3. The summed E-state index contributed by atoms with van der Waals surface area (Å²) < 4.78 is 5.24. The lowest BCUT2D eigenvalue weighted by Gasteiger charge is -2.16. The quantitative estimate of drug-likeness (QED) is 0.562. The van der Waals surface area contributed by atoms with E-state index in [-0.39, 0.29) is 12.5 Å². The van der Waals surface area contributed by atoms with E-state index in [1.165, 1.54) is 25.7 Å². The largest absolute Gasteiger partial charge is 0.372 e. The minimum absolute atomic E-state index is 0.0575. The first-order valence-electron chi connectivity index (χ1n) is 6.67. The average molecular weight is 244 g/mol. The molecule has 0 saturated carbocycles. The van der Waals surface area contributed by atoms with Crippen molar-refractivity contribution in [1.82, 2.24) is 10.2 Å². The van der Waals surface area contributed by atoms with Gasteiger partial charge in [-0.3, -0.25) is 4.79 Å². The van der Waals surface area contributed by atoms with Gasteiger partial charge in [-0.2, -0.15) is 0 Å². The molecule has 0 spiro atoms. The highest BCUT2D eigenvalue weighted by molar-refractivity contribution is 5.76. The third-order valence-corrected chi connectivity index (χ3v) is 2.73. The molecule has 0 fully saturated rings. The van der Waals surface area contributed by atoms with Gasteiger partial charge in [-0.1, -0.05) is 26.2 Å². The molecule has 102 valence electrons. The van der Waals surface area contributed by atoms with E-state index in [1.54, 1.807) is 7.05 Å². The molecule has 0 unspecified atom stereocenters. The Hall–Kier alpha value is -0.610. The number of hydrogen-bond acceptors (Lipinski definition) is 3. The van der Waals surface area contributed by atoms with E-state index in [0.717, 1.165) is 19.5 Å². The van der Waals surface area contributed by atoms with E-state index in [2.05, 4.69) is 24.2 Å². The molecule has 0 atom stereocenters. The van der Waals surface area contributed by atoms with Gasteiger partial charge in [0.2, 0.25) is 5.91 Å². The Labute approximate surface area is 106 Å². The molecule has 0 heterocycles. The summed E-state index contributed by atoms with van der Waals surface area (Å²) in [6, 6.07) is 0. The average Bonchev–Trinajstić information content (AvgIpc) is 2.34. The van der Waals surface area contributed by atoms with Gasteiger partial charge in [-0.05, 0) is 26.4 Å². The minimum Gasteiger partial charge on any atom is -0.372 e. The van der Waals surface area contributed by atoms with Crippen LogP contribution in [0.2, 0.25) is 0 Å². The van der Waals surface area contributed by atoms with E-state index in [9.17, 15) is 4.79 Å². The van der Waals surface area contributed by atoms with Gasteiger partial charge in [-0.15, -0.1) is 0 Å². The molecule has 1 N–H and O–H groups in total. The fourth-order valence-electron chi connectivity index (χ4n) is 1.59. The van der Waals surface area contributed by atoms with Crippen LogP contribution in [0.4, 0.5) is 0 Å². The van der Waals surface area contributed by atoms with Crippen molar-refractivity contribution >= 4 is 5.91 Å². The lowest BCUT2D eigenvalue weighted by Crippen LogP contribution is -2.25. The van der Waals surface area contributed by atoms with E-state index in [4.69, 9.17) is 4.74 Å². The van der Waals surface area contributed by atoms with E-state index in [1.807, 2.05) is 0 Å². The molecule has 0 aromatic rings. The predicted octanol–water partition coefficient (Wildman–Crippen LogP) is 1.65. The van der Waals surface area contributed by atoms with E-state index < -0.39 is 0 Å². The number of ether oxygens (including phenoxy) is 1. The Morgan fingerprint density at radius 1 is 1.18 bits per heavy atom. The molecule has 0 aliphatic carbocycles. The molecular formula is C13H28N2O2. The molecule has 0 aromatic heterocycles. The van der Waals surface area contributed by atoms with Crippen LogP contribution < -0.4 is 5.32 Å². The Kier molecular flexibility index (Phi) is 11.4. The molecule has 17 heavy (non-hydrogen) atoms. The summed E-state index contributed by atoms with van der Waals surface area (Å²) in [5, 5.41) is 2.53. The maximum Gasteiger partial charge on any atom is 0.245 e. The number of likely N-dealkylation sites (N-methyl/N-ethyl adjacent to an activating group) is 1. The molecule has 4 heteroatoms. The highest BCUT2D eigenvalue weighted by atomic mass is 16.5. The Morgan fingerprint density at radius 2 is 1.88 bits per heavy atom. The van der Waals surface area contributed by atoms with Gasteiger partial charge in [0.05, 0.1) is 0 Å². The smallest absolute Gasteiger partial charge is 0.245 e. The first kappa shape index (κ1) is 16.4. The van der Waals surface area contributed by atoms with E-state index >= 15 is 0 Å². The van der Waals surface area contributed by atoms with Gasteiger partial charge in [-0.25, -0.2) is 0 Å². The van der Waals surface area contributed by atoms with Crippen LogP contribution in [-0.2, 0) is 9.53 Å². The zero-order chi connectivity index (χ0) is 12.9. The number of nitrogens with zero attached hydrogens (tertiary/aromatic N) is 1. The summed E-state index contributed by atoms with van der Waals surface area (Å²) in [6.07, 6.45) is 6.22. The van der Waals surface area contributed by atoms with Gasteiger partial charge < -0.3 is 15.0 Å². The maximum atomic E-state index is 10.9. The van der Waals surface area contributed by atoms with Crippen molar-refractivity contribution in [2.45, 2.75) is 39.0 Å². The van der Waals surface area contributed by atoms with Gasteiger partial charge >= 0.3 is 0 Å². The second-order valence-electron chi connectivity index (χ2n) is 4.44. The molecule has 0 aliphatic heterocycles. The van der Waals surface area contributed by atoms with Gasteiger partial charge in [0.25, 0.3) is 0 Å². The van der Waals surface area contributed by atoms with Crippen LogP contribution in [-0.4, -0.2) is 51.2 Å². The number of carbonyl (C=O) groups is 1. The summed E-state index contributed by atoms with van der Waals surface area (Å²) >= 11 is 0. The molecule has 1 amide bonds. The molecule has 0 bridgehead atoms. The Bertz CT molecular complexity index is 186. The zero-order valence-corrected chi connectivity index (χ0v) is 11.6. The summed E-state index contributed by atoms with van der Waals surface area (Å²) in [6.45, 7) is 5.27. The number of amides is 1. The predicted molar refractivity (Wildman–Crippen MR) is 71.1 cm³/mol. The third kappa shape index (κ3) is 11.6. The van der Waals surface area contributed by atoms with Crippen LogP contribution in [0.3, 0.4) is 0 Å². The second kappa shape index (κ2) is 11.9. The lowest BCUT2D eigenvalue weighted by molar-refractivity contribution is -0.125. The summed E-state index contributed by atoms with van der Waals surface area (Å²) in [4.78, 5) is 13.2. The SMILES string of the molecule is CCCCCCN(C)CCCOCC(=O)NC. The lowest BCUT2D eigenvalue weighted by atomic mass is 10.2. The number of carbonyl (C=O) groups excluding carboxylic acids is 1. The van der Waals surface area contributed by atoms with Crippen molar-refractivity contribution in [3.05, 3.63) is 0 Å². The molecule has 0 aliphatic rings. The minimum atomic E-state index is -0.0575.